The normalized spacial score (nSPS) is 13.5. The number of nitrogens with zero attached hydrogens (tertiary/aromatic N) is 1. The lowest BCUT2D eigenvalue weighted by molar-refractivity contribution is -0.217. The smallest absolute Gasteiger partial charge is 0.373 e. The van der Waals surface area contributed by atoms with E-state index in [4.69, 9.17) is 11.6 Å². The number of hydrogen-bond acceptors (Lipinski definition) is 3. The summed E-state index contributed by atoms with van der Waals surface area (Å²) in [6.45, 7) is 0.658. The number of anilines is 1. The molecule has 0 aliphatic heterocycles. The van der Waals surface area contributed by atoms with Crippen LogP contribution in [0.3, 0.4) is 0 Å². The molecular formula is C10H12ClF3N2O. The second-order valence-electron chi connectivity index (χ2n) is 3.37. The zero-order valence-electron chi connectivity index (χ0n) is 9.31. The van der Waals surface area contributed by atoms with Gasteiger partial charge in [0.2, 0.25) is 0 Å². The van der Waals surface area contributed by atoms with Crippen LogP contribution in [0.15, 0.2) is 12.1 Å². The fraction of sp³-hybridized carbons (Fsp3) is 0.500. The summed E-state index contributed by atoms with van der Waals surface area (Å²) in [5.41, 5.74) is 0.273. The Hall–Kier alpha value is -1.01. The van der Waals surface area contributed by atoms with Gasteiger partial charge in [-0.1, -0.05) is 11.6 Å². The van der Waals surface area contributed by atoms with E-state index in [1.807, 2.05) is 0 Å². The number of alkyl halides is 3. The minimum absolute atomic E-state index is 0.273. The molecule has 1 unspecified atom stereocenters. The molecule has 3 nitrogen and oxygen atoms in total. The number of aromatic nitrogens is 1. The number of nitrogens with one attached hydrogen (secondary N) is 1. The summed E-state index contributed by atoms with van der Waals surface area (Å²) >= 11 is 5.80. The van der Waals surface area contributed by atoms with E-state index in [-0.39, 0.29) is 17.3 Å². The first-order chi connectivity index (χ1) is 7.84. The average Bonchev–Trinajstić information content (AvgIpc) is 2.26. The molecule has 0 spiro atoms. The molecule has 0 fully saturated rings. The van der Waals surface area contributed by atoms with Crippen LogP contribution in [0.2, 0.25) is 5.02 Å². The van der Waals surface area contributed by atoms with E-state index < -0.39 is 12.3 Å². The van der Waals surface area contributed by atoms with Crippen molar-refractivity contribution < 1.29 is 17.9 Å². The molecule has 1 rings (SSSR count). The molecule has 1 atom stereocenters. The Morgan fingerprint density at radius 3 is 2.65 bits per heavy atom. The Labute approximate surface area is 102 Å². The number of halogens is 4. The molecule has 1 heterocycles. The molecule has 1 aromatic rings. The summed E-state index contributed by atoms with van der Waals surface area (Å²) < 4.78 is 41.3. The van der Waals surface area contributed by atoms with Crippen molar-refractivity contribution in [1.82, 2.24) is 4.98 Å². The predicted molar refractivity (Wildman–Crippen MR) is 59.1 cm³/mol. The molecule has 7 heteroatoms. The van der Waals surface area contributed by atoms with Gasteiger partial charge in [-0.15, -0.1) is 0 Å². The Morgan fingerprint density at radius 2 is 2.12 bits per heavy atom. The Balaban J connectivity index is 2.69. The van der Waals surface area contributed by atoms with Gasteiger partial charge in [-0.2, -0.15) is 13.2 Å². The minimum atomic E-state index is -4.38. The monoisotopic (exact) mass is 268 g/mol. The lowest BCUT2D eigenvalue weighted by Crippen LogP contribution is -2.28. The third-order valence-corrected chi connectivity index (χ3v) is 2.45. The molecule has 1 aromatic heterocycles. The summed E-state index contributed by atoms with van der Waals surface area (Å²) in [6.07, 6.45) is -6.23. The minimum Gasteiger partial charge on any atom is -0.373 e. The Bertz CT molecular complexity index is 384. The van der Waals surface area contributed by atoms with Crippen molar-refractivity contribution in [3.05, 3.63) is 22.8 Å². The quantitative estimate of drug-likeness (QED) is 0.910. The molecule has 0 saturated heterocycles. The van der Waals surface area contributed by atoms with Crippen LogP contribution in [0.1, 0.15) is 12.6 Å². The topological polar surface area (TPSA) is 34.1 Å². The highest BCUT2D eigenvalue weighted by Gasteiger charge is 2.37. The molecule has 0 saturated carbocycles. The largest absolute Gasteiger partial charge is 0.414 e. The van der Waals surface area contributed by atoms with Crippen LogP contribution < -0.4 is 5.32 Å². The first-order valence-corrected chi connectivity index (χ1v) is 5.24. The molecule has 0 aliphatic carbocycles. The highest BCUT2D eigenvalue weighted by molar-refractivity contribution is 6.31. The lowest BCUT2D eigenvalue weighted by atomic mass is 10.3. The van der Waals surface area contributed by atoms with Gasteiger partial charge in [-0.3, -0.25) is 0 Å². The van der Waals surface area contributed by atoms with Crippen molar-refractivity contribution in [2.45, 2.75) is 25.8 Å². The summed E-state index contributed by atoms with van der Waals surface area (Å²) in [5, 5.41) is 3.04. The molecule has 0 amide bonds. The standard InChI is InChI=1S/C10H12ClF3N2O/c1-6(10(12,13)14)17-5-8-7(11)3-4-9(15-2)16-8/h3-4,6H,5H2,1-2H3,(H,15,16). The second kappa shape index (κ2) is 5.55. The van der Waals surface area contributed by atoms with Crippen molar-refractivity contribution in [2.24, 2.45) is 0 Å². The fourth-order valence-electron chi connectivity index (χ4n) is 1.02. The van der Waals surface area contributed by atoms with E-state index in [9.17, 15) is 13.2 Å². The molecule has 0 bridgehead atoms. The molecule has 17 heavy (non-hydrogen) atoms. The number of ether oxygens (including phenoxy) is 1. The third kappa shape index (κ3) is 4.05. The molecule has 96 valence electrons. The number of pyridine rings is 1. The predicted octanol–water partition coefficient (Wildman–Crippen LogP) is 3.24. The lowest BCUT2D eigenvalue weighted by Gasteiger charge is -2.16. The first kappa shape index (κ1) is 14.1. The van der Waals surface area contributed by atoms with Gasteiger partial charge in [0.05, 0.1) is 17.3 Å². The highest BCUT2D eigenvalue weighted by atomic mass is 35.5. The summed E-state index contributed by atoms with van der Waals surface area (Å²) in [4.78, 5) is 4.01. The van der Waals surface area contributed by atoms with Crippen LogP contribution in [-0.2, 0) is 11.3 Å². The van der Waals surface area contributed by atoms with Gasteiger partial charge in [0.15, 0.2) is 6.10 Å². The Kier molecular flexibility index (Phi) is 4.59. The summed E-state index contributed by atoms with van der Waals surface area (Å²) in [7, 11) is 1.65. The van der Waals surface area contributed by atoms with Gasteiger partial charge in [-0.25, -0.2) is 4.98 Å². The van der Waals surface area contributed by atoms with E-state index in [1.54, 1.807) is 19.2 Å². The molecule has 0 aromatic carbocycles. The molecule has 1 N–H and O–H groups in total. The highest BCUT2D eigenvalue weighted by Crippen LogP contribution is 2.24. The van der Waals surface area contributed by atoms with Crippen LogP contribution in [0.25, 0.3) is 0 Å². The van der Waals surface area contributed by atoms with Crippen LogP contribution in [0, 0.1) is 0 Å². The maximum absolute atomic E-state index is 12.2. The fourth-order valence-corrected chi connectivity index (χ4v) is 1.18. The van der Waals surface area contributed by atoms with Gasteiger partial charge in [0.1, 0.15) is 5.82 Å². The maximum Gasteiger partial charge on any atom is 0.414 e. The number of hydrogen-bond donors (Lipinski definition) is 1. The zero-order chi connectivity index (χ0) is 13.1. The molecular weight excluding hydrogens is 257 g/mol. The van der Waals surface area contributed by atoms with Crippen molar-refractivity contribution in [3.63, 3.8) is 0 Å². The van der Waals surface area contributed by atoms with E-state index in [2.05, 4.69) is 15.0 Å². The van der Waals surface area contributed by atoms with Gasteiger partial charge < -0.3 is 10.1 Å². The van der Waals surface area contributed by atoms with E-state index in [0.717, 1.165) is 6.92 Å². The summed E-state index contributed by atoms with van der Waals surface area (Å²) in [6, 6.07) is 3.18. The third-order valence-electron chi connectivity index (χ3n) is 2.11. The van der Waals surface area contributed by atoms with E-state index in [1.165, 1.54) is 0 Å². The summed E-state index contributed by atoms with van der Waals surface area (Å²) in [5.74, 6) is 0.521. The van der Waals surface area contributed by atoms with Crippen LogP contribution in [0.4, 0.5) is 19.0 Å². The first-order valence-electron chi connectivity index (χ1n) is 4.86. The Morgan fingerprint density at radius 1 is 1.47 bits per heavy atom. The van der Waals surface area contributed by atoms with E-state index in [0.29, 0.717) is 5.82 Å². The van der Waals surface area contributed by atoms with Gasteiger partial charge in [-0.05, 0) is 19.1 Å². The van der Waals surface area contributed by atoms with Crippen LogP contribution in [-0.4, -0.2) is 24.3 Å². The van der Waals surface area contributed by atoms with Crippen LogP contribution >= 0.6 is 11.6 Å². The van der Waals surface area contributed by atoms with Gasteiger partial charge in [0, 0.05) is 7.05 Å². The van der Waals surface area contributed by atoms with Gasteiger partial charge >= 0.3 is 6.18 Å². The van der Waals surface area contributed by atoms with Crippen molar-refractivity contribution in [1.29, 1.82) is 0 Å². The van der Waals surface area contributed by atoms with Gasteiger partial charge in [0.25, 0.3) is 0 Å². The molecule has 0 aliphatic rings. The zero-order valence-corrected chi connectivity index (χ0v) is 10.1. The number of rotatable bonds is 4. The SMILES string of the molecule is CNc1ccc(Cl)c(COC(C)C(F)(F)F)n1. The molecule has 0 radical (unpaired) electrons. The van der Waals surface area contributed by atoms with Crippen molar-refractivity contribution in [2.75, 3.05) is 12.4 Å². The average molecular weight is 269 g/mol. The van der Waals surface area contributed by atoms with Crippen molar-refractivity contribution in [3.8, 4) is 0 Å². The second-order valence-corrected chi connectivity index (χ2v) is 3.78. The van der Waals surface area contributed by atoms with E-state index >= 15 is 0 Å². The maximum atomic E-state index is 12.2. The van der Waals surface area contributed by atoms with Crippen LogP contribution in [0.5, 0.6) is 0 Å². The van der Waals surface area contributed by atoms with Crippen molar-refractivity contribution >= 4 is 17.4 Å².